The summed E-state index contributed by atoms with van der Waals surface area (Å²) in [6.45, 7) is 11.5. The van der Waals surface area contributed by atoms with Crippen LogP contribution in [0.4, 0.5) is 5.69 Å². The second kappa shape index (κ2) is 12.9. The zero-order chi connectivity index (χ0) is 28.7. The van der Waals surface area contributed by atoms with Gasteiger partial charge in [-0.25, -0.2) is 8.42 Å². The molecular weight excluding hydrogens is 510 g/mol. The number of carbonyl (C=O) groups excluding carboxylic acids is 2. The minimum atomic E-state index is -4.09. The molecule has 0 spiro atoms. The minimum absolute atomic E-state index is 0.0973. The van der Waals surface area contributed by atoms with Crippen LogP contribution in [0.15, 0.2) is 71.6 Å². The average molecular weight is 550 g/mol. The Bertz CT molecular complexity index is 1420. The summed E-state index contributed by atoms with van der Waals surface area (Å²) >= 11 is 0. The number of aryl methyl sites for hydroxylation is 4. The standard InChI is InChI=1S/C31H39N3O4S/c1-7-29(31(36)32-8-2)33(20-26-11-9-10-23(4)18-26)30(35)21-34(27-15-14-24(5)25(6)19-27)39(37,38)28-16-12-22(3)13-17-28/h9-19,29H,7-8,20-21H2,1-6H3,(H,32,36). The summed E-state index contributed by atoms with van der Waals surface area (Å²) in [6, 6.07) is 18.9. The summed E-state index contributed by atoms with van der Waals surface area (Å²) in [5.41, 5.74) is 5.15. The molecule has 0 heterocycles. The number of sulfonamides is 1. The van der Waals surface area contributed by atoms with E-state index in [4.69, 9.17) is 0 Å². The number of nitrogens with one attached hydrogen (secondary N) is 1. The van der Waals surface area contributed by atoms with Crippen molar-refractivity contribution in [3.8, 4) is 0 Å². The molecule has 3 aromatic carbocycles. The van der Waals surface area contributed by atoms with Crippen molar-refractivity contribution >= 4 is 27.5 Å². The van der Waals surface area contributed by atoms with Gasteiger partial charge in [-0.2, -0.15) is 0 Å². The first-order valence-electron chi connectivity index (χ1n) is 13.3. The summed E-state index contributed by atoms with van der Waals surface area (Å²) in [6.07, 6.45) is 0.387. The fraction of sp³-hybridized carbons (Fsp3) is 0.355. The summed E-state index contributed by atoms with van der Waals surface area (Å²) in [5, 5.41) is 2.82. The smallest absolute Gasteiger partial charge is 0.264 e. The van der Waals surface area contributed by atoms with E-state index in [0.29, 0.717) is 18.7 Å². The van der Waals surface area contributed by atoms with E-state index in [1.807, 2.05) is 71.9 Å². The molecule has 0 radical (unpaired) electrons. The number of rotatable bonds is 11. The topological polar surface area (TPSA) is 86.8 Å². The molecule has 0 fully saturated rings. The average Bonchev–Trinajstić information content (AvgIpc) is 2.89. The fourth-order valence-corrected chi connectivity index (χ4v) is 5.87. The molecule has 0 saturated carbocycles. The molecule has 0 aliphatic heterocycles. The maximum Gasteiger partial charge on any atom is 0.264 e. The molecule has 39 heavy (non-hydrogen) atoms. The van der Waals surface area contributed by atoms with Crippen molar-refractivity contribution in [2.24, 2.45) is 0 Å². The van der Waals surface area contributed by atoms with E-state index in [1.54, 1.807) is 36.4 Å². The molecule has 7 nitrogen and oxygen atoms in total. The van der Waals surface area contributed by atoms with Gasteiger partial charge < -0.3 is 10.2 Å². The summed E-state index contributed by atoms with van der Waals surface area (Å²) in [5.74, 6) is -0.719. The molecular formula is C31H39N3O4S. The van der Waals surface area contributed by atoms with Gasteiger partial charge in [-0.3, -0.25) is 13.9 Å². The van der Waals surface area contributed by atoms with Gasteiger partial charge in [0.15, 0.2) is 0 Å². The van der Waals surface area contributed by atoms with E-state index in [1.165, 1.54) is 4.90 Å². The third-order valence-electron chi connectivity index (χ3n) is 6.84. The van der Waals surface area contributed by atoms with Gasteiger partial charge in [0.25, 0.3) is 10.0 Å². The maximum absolute atomic E-state index is 14.0. The predicted octanol–water partition coefficient (Wildman–Crippen LogP) is 5.06. The van der Waals surface area contributed by atoms with Crippen LogP contribution in [0.1, 0.15) is 48.1 Å². The lowest BCUT2D eigenvalue weighted by atomic mass is 10.1. The van der Waals surface area contributed by atoms with Crippen molar-refractivity contribution in [1.29, 1.82) is 0 Å². The van der Waals surface area contributed by atoms with Gasteiger partial charge in [-0.15, -0.1) is 0 Å². The quantitative estimate of drug-likeness (QED) is 0.362. The van der Waals surface area contributed by atoms with Crippen LogP contribution in [0.25, 0.3) is 0 Å². The Morgan fingerprint density at radius 1 is 0.846 bits per heavy atom. The zero-order valence-corrected chi connectivity index (χ0v) is 24.5. The Kier molecular flexibility index (Phi) is 9.92. The number of likely N-dealkylation sites (N-methyl/N-ethyl adjacent to an activating group) is 1. The SMILES string of the molecule is CCNC(=O)C(CC)N(Cc1cccc(C)c1)C(=O)CN(c1ccc(C)c(C)c1)S(=O)(=O)c1ccc(C)cc1. The third-order valence-corrected chi connectivity index (χ3v) is 8.63. The number of hydrogen-bond donors (Lipinski definition) is 1. The van der Waals surface area contributed by atoms with Crippen molar-refractivity contribution in [1.82, 2.24) is 10.2 Å². The lowest BCUT2D eigenvalue weighted by Crippen LogP contribution is -2.52. The summed E-state index contributed by atoms with van der Waals surface area (Å²) < 4.78 is 29.1. The molecule has 0 saturated heterocycles. The first-order valence-corrected chi connectivity index (χ1v) is 14.7. The third kappa shape index (κ3) is 7.26. The van der Waals surface area contributed by atoms with Crippen molar-refractivity contribution in [2.75, 3.05) is 17.4 Å². The summed E-state index contributed by atoms with van der Waals surface area (Å²) in [4.78, 5) is 28.7. The van der Waals surface area contributed by atoms with Crippen LogP contribution < -0.4 is 9.62 Å². The van der Waals surface area contributed by atoms with Crippen LogP contribution in [0, 0.1) is 27.7 Å². The number of hydrogen-bond acceptors (Lipinski definition) is 4. The van der Waals surface area contributed by atoms with Gasteiger partial charge in [0.1, 0.15) is 12.6 Å². The first-order chi connectivity index (χ1) is 18.5. The molecule has 0 aromatic heterocycles. The van der Waals surface area contributed by atoms with Crippen LogP contribution in [0.5, 0.6) is 0 Å². The first kappa shape index (κ1) is 29.9. The van der Waals surface area contributed by atoms with Crippen molar-refractivity contribution in [2.45, 2.75) is 65.4 Å². The van der Waals surface area contributed by atoms with Crippen LogP contribution in [0.3, 0.4) is 0 Å². The predicted molar refractivity (Wildman–Crippen MR) is 156 cm³/mol. The minimum Gasteiger partial charge on any atom is -0.355 e. The molecule has 1 unspecified atom stereocenters. The van der Waals surface area contributed by atoms with Crippen LogP contribution in [-0.4, -0.2) is 44.3 Å². The van der Waals surface area contributed by atoms with Gasteiger partial charge in [-0.1, -0.05) is 60.5 Å². The Morgan fingerprint density at radius 3 is 2.13 bits per heavy atom. The molecule has 0 aliphatic rings. The Labute approximate surface area is 232 Å². The van der Waals surface area contributed by atoms with Crippen molar-refractivity contribution in [3.63, 3.8) is 0 Å². The van der Waals surface area contributed by atoms with Crippen LogP contribution >= 0.6 is 0 Å². The van der Waals surface area contributed by atoms with E-state index in [2.05, 4.69) is 5.32 Å². The maximum atomic E-state index is 14.0. The highest BCUT2D eigenvalue weighted by molar-refractivity contribution is 7.92. The van der Waals surface area contributed by atoms with Gasteiger partial charge in [0.05, 0.1) is 10.6 Å². The van der Waals surface area contributed by atoms with Crippen molar-refractivity contribution in [3.05, 3.63) is 94.5 Å². The van der Waals surface area contributed by atoms with Crippen LogP contribution in [0.2, 0.25) is 0 Å². The van der Waals surface area contributed by atoms with Gasteiger partial charge in [-0.05, 0) is 82.0 Å². The molecule has 0 aliphatic carbocycles. The van der Waals surface area contributed by atoms with Gasteiger partial charge in [0, 0.05) is 13.1 Å². The fourth-order valence-electron chi connectivity index (χ4n) is 4.47. The summed E-state index contributed by atoms with van der Waals surface area (Å²) in [7, 11) is -4.09. The van der Waals surface area contributed by atoms with E-state index in [9.17, 15) is 18.0 Å². The highest BCUT2D eigenvalue weighted by Crippen LogP contribution is 2.27. The van der Waals surface area contributed by atoms with E-state index in [-0.39, 0.29) is 17.3 Å². The second-order valence-corrected chi connectivity index (χ2v) is 11.8. The Morgan fingerprint density at radius 2 is 1.54 bits per heavy atom. The molecule has 0 bridgehead atoms. The highest BCUT2D eigenvalue weighted by Gasteiger charge is 2.33. The largest absolute Gasteiger partial charge is 0.355 e. The van der Waals surface area contributed by atoms with Gasteiger partial charge in [0.2, 0.25) is 11.8 Å². The lowest BCUT2D eigenvalue weighted by Gasteiger charge is -2.33. The molecule has 1 N–H and O–H groups in total. The highest BCUT2D eigenvalue weighted by atomic mass is 32.2. The second-order valence-electron chi connectivity index (χ2n) is 9.92. The molecule has 8 heteroatoms. The van der Waals surface area contributed by atoms with Crippen LogP contribution in [-0.2, 0) is 26.2 Å². The monoisotopic (exact) mass is 549 g/mol. The Hall–Kier alpha value is -3.65. The molecule has 1 atom stereocenters. The van der Waals surface area contributed by atoms with E-state index in [0.717, 1.165) is 32.1 Å². The molecule has 3 aromatic rings. The molecule has 208 valence electrons. The van der Waals surface area contributed by atoms with E-state index >= 15 is 0 Å². The molecule has 2 amide bonds. The number of amides is 2. The molecule has 3 rings (SSSR count). The number of carbonyl (C=O) groups is 2. The zero-order valence-electron chi connectivity index (χ0n) is 23.7. The Balaban J connectivity index is 2.09. The number of anilines is 1. The number of nitrogens with zero attached hydrogens (tertiary/aromatic N) is 2. The normalized spacial score (nSPS) is 12.1. The van der Waals surface area contributed by atoms with E-state index < -0.39 is 28.5 Å². The van der Waals surface area contributed by atoms with Crippen molar-refractivity contribution < 1.29 is 18.0 Å². The van der Waals surface area contributed by atoms with Gasteiger partial charge >= 0.3 is 0 Å². The lowest BCUT2D eigenvalue weighted by molar-refractivity contribution is -0.140. The number of benzene rings is 3.